The van der Waals surface area contributed by atoms with Gasteiger partial charge in [-0.2, -0.15) is 0 Å². The van der Waals surface area contributed by atoms with Crippen molar-refractivity contribution in [3.05, 3.63) is 53.4 Å². The Hall–Kier alpha value is -2.47. The van der Waals surface area contributed by atoms with Crippen molar-refractivity contribution in [3.63, 3.8) is 0 Å². The van der Waals surface area contributed by atoms with E-state index in [1.54, 1.807) is 43.5 Å². The van der Waals surface area contributed by atoms with E-state index in [2.05, 4.69) is 0 Å². The van der Waals surface area contributed by atoms with Crippen molar-refractivity contribution in [2.24, 2.45) is 0 Å². The normalized spacial score (nSPS) is 15.0. The number of benzene rings is 2. The van der Waals surface area contributed by atoms with Gasteiger partial charge in [0.2, 0.25) is 9.84 Å². The molecule has 0 atom stereocenters. The molecule has 0 fully saturated rings. The van der Waals surface area contributed by atoms with Gasteiger partial charge in [0, 0.05) is 22.2 Å². The lowest BCUT2D eigenvalue weighted by Gasteiger charge is -2.09. The average Bonchev–Trinajstić information content (AvgIpc) is 2.76. The molecule has 0 aliphatic carbocycles. The molecule has 0 radical (unpaired) electrons. The van der Waals surface area contributed by atoms with E-state index in [1.165, 1.54) is 11.5 Å². The highest BCUT2D eigenvalue weighted by atomic mass is 32.2. The molecule has 0 amide bonds. The molecular weight excluding hydrogens is 302 g/mol. The van der Waals surface area contributed by atoms with Gasteiger partial charge in [0.1, 0.15) is 18.1 Å². The first-order valence-electron chi connectivity index (χ1n) is 6.62. The predicted octanol–water partition coefficient (Wildman–Crippen LogP) is 2.48. The molecule has 0 spiro atoms. The second-order valence-electron chi connectivity index (χ2n) is 4.91. The Morgan fingerprint density at radius 3 is 2.41 bits per heavy atom. The maximum Gasteiger partial charge on any atom is 0.200 e. The van der Waals surface area contributed by atoms with E-state index >= 15 is 0 Å². The number of ether oxygens (including phenoxy) is 2. The van der Waals surface area contributed by atoms with Crippen molar-refractivity contribution in [2.45, 2.75) is 4.90 Å². The number of sulfone groups is 1. The molecule has 2 N–H and O–H groups in total. The molecule has 1 aliphatic rings. The van der Waals surface area contributed by atoms with Gasteiger partial charge in [0.05, 0.1) is 12.0 Å². The summed E-state index contributed by atoms with van der Waals surface area (Å²) in [4.78, 5) is 0.273. The van der Waals surface area contributed by atoms with Crippen LogP contribution in [-0.4, -0.2) is 22.1 Å². The van der Waals surface area contributed by atoms with Crippen LogP contribution < -0.4 is 15.2 Å². The molecule has 0 aromatic heterocycles. The van der Waals surface area contributed by atoms with Crippen molar-refractivity contribution in [2.75, 3.05) is 19.5 Å². The smallest absolute Gasteiger partial charge is 0.200 e. The van der Waals surface area contributed by atoms with Crippen LogP contribution in [0.5, 0.6) is 11.5 Å². The fourth-order valence-corrected chi connectivity index (χ4v) is 3.76. The van der Waals surface area contributed by atoms with Gasteiger partial charge in [-0.1, -0.05) is 0 Å². The molecule has 3 rings (SSSR count). The lowest BCUT2D eigenvalue weighted by Crippen LogP contribution is -2.00. The number of rotatable bonds is 4. The summed E-state index contributed by atoms with van der Waals surface area (Å²) in [7, 11) is -1.82. The molecule has 1 heterocycles. The summed E-state index contributed by atoms with van der Waals surface area (Å²) in [5, 5.41) is 1.24. The minimum atomic E-state index is -3.40. The third kappa shape index (κ3) is 2.65. The largest absolute Gasteiger partial charge is 0.497 e. The first-order chi connectivity index (χ1) is 10.5. The highest BCUT2D eigenvalue weighted by Crippen LogP contribution is 2.35. The van der Waals surface area contributed by atoms with Gasteiger partial charge in [0.15, 0.2) is 0 Å². The number of fused-ring (bicyclic) bond motifs is 1. The zero-order chi connectivity index (χ0) is 15.7. The fraction of sp³-hybridized carbons (Fsp3) is 0.125. The van der Waals surface area contributed by atoms with Gasteiger partial charge in [-0.3, -0.25) is 0 Å². The standard InChI is InChI=1S/C16H15NO4S/c1-20-13-3-5-14(6-4-13)21-9-11-10-22(18,19)16-7-2-12(17)8-15(11)16/h2-8,10H,9,17H2,1H3. The number of nitrogens with two attached hydrogens (primary N) is 1. The Bertz CT molecular complexity index is 839. The monoisotopic (exact) mass is 317 g/mol. The maximum absolute atomic E-state index is 12.1. The zero-order valence-electron chi connectivity index (χ0n) is 11.9. The minimum absolute atomic E-state index is 0.155. The van der Waals surface area contributed by atoms with Gasteiger partial charge in [-0.25, -0.2) is 8.42 Å². The van der Waals surface area contributed by atoms with Gasteiger partial charge in [-0.05, 0) is 42.5 Å². The van der Waals surface area contributed by atoms with E-state index in [0.717, 1.165) is 5.75 Å². The van der Waals surface area contributed by atoms with Gasteiger partial charge < -0.3 is 15.2 Å². The number of nitrogen functional groups attached to an aromatic ring is 1. The van der Waals surface area contributed by atoms with Crippen LogP contribution in [0.25, 0.3) is 5.57 Å². The van der Waals surface area contributed by atoms with Crippen LogP contribution >= 0.6 is 0 Å². The number of hydrogen-bond acceptors (Lipinski definition) is 5. The van der Waals surface area contributed by atoms with Crippen LogP contribution in [0, 0.1) is 0 Å². The van der Waals surface area contributed by atoms with Crippen molar-refractivity contribution in [1.29, 1.82) is 0 Å². The first-order valence-corrected chi connectivity index (χ1v) is 8.16. The Balaban J connectivity index is 1.83. The molecule has 0 unspecified atom stereocenters. The second-order valence-corrected chi connectivity index (χ2v) is 6.67. The lowest BCUT2D eigenvalue weighted by molar-refractivity contribution is 0.367. The number of methoxy groups -OCH3 is 1. The Kier molecular flexibility index (Phi) is 3.54. The second kappa shape index (κ2) is 5.38. The summed E-state index contributed by atoms with van der Waals surface area (Å²) in [6, 6.07) is 11.9. The Labute approximate surface area is 128 Å². The summed E-state index contributed by atoms with van der Waals surface area (Å²) in [6.45, 7) is 0.155. The quantitative estimate of drug-likeness (QED) is 0.877. The van der Waals surface area contributed by atoms with Crippen LogP contribution in [0.15, 0.2) is 52.8 Å². The topological polar surface area (TPSA) is 78.6 Å². The van der Waals surface area contributed by atoms with Crippen LogP contribution in [-0.2, 0) is 9.84 Å². The predicted molar refractivity (Wildman–Crippen MR) is 84.5 cm³/mol. The Morgan fingerprint density at radius 2 is 1.73 bits per heavy atom. The number of anilines is 1. The highest BCUT2D eigenvalue weighted by molar-refractivity contribution is 7.95. The van der Waals surface area contributed by atoms with E-state index in [4.69, 9.17) is 15.2 Å². The summed E-state index contributed by atoms with van der Waals surface area (Å²) >= 11 is 0. The van der Waals surface area contributed by atoms with E-state index in [0.29, 0.717) is 22.6 Å². The molecule has 1 aliphatic heterocycles. The summed E-state index contributed by atoms with van der Waals surface area (Å²) in [6.07, 6.45) is 0. The SMILES string of the molecule is COc1ccc(OCC2=CS(=O)(=O)c3ccc(N)cc32)cc1. The van der Waals surface area contributed by atoms with Crippen molar-refractivity contribution >= 4 is 21.1 Å². The molecule has 114 valence electrons. The molecule has 6 heteroatoms. The van der Waals surface area contributed by atoms with Crippen molar-refractivity contribution in [3.8, 4) is 11.5 Å². The molecular formula is C16H15NO4S. The van der Waals surface area contributed by atoms with Crippen molar-refractivity contribution < 1.29 is 17.9 Å². The molecule has 0 bridgehead atoms. The summed E-state index contributed by atoms with van der Waals surface area (Å²) < 4.78 is 34.9. The van der Waals surface area contributed by atoms with Crippen LogP contribution in [0.3, 0.4) is 0 Å². The van der Waals surface area contributed by atoms with E-state index in [1.807, 2.05) is 0 Å². The fourth-order valence-electron chi connectivity index (χ4n) is 2.31. The van der Waals surface area contributed by atoms with Crippen molar-refractivity contribution in [1.82, 2.24) is 0 Å². The lowest BCUT2D eigenvalue weighted by atomic mass is 10.1. The first kappa shape index (κ1) is 14.5. The molecule has 2 aromatic carbocycles. The minimum Gasteiger partial charge on any atom is -0.497 e. The van der Waals surface area contributed by atoms with Gasteiger partial charge >= 0.3 is 0 Å². The van der Waals surface area contributed by atoms with Crippen LogP contribution in [0.2, 0.25) is 0 Å². The van der Waals surface area contributed by atoms with Crippen LogP contribution in [0.4, 0.5) is 5.69 Å². The highest BCUT2D eigenvalue weighted by Gasteiger charge is 2.27. The summed E-state index contributed by atoms with van der Waals surface area (Å²) in [5.74, 6) is 1.37. The summed E-state index contributed by atoms with van der Waals surface area (Å²) in [5.41, 5.74) is 7.46. The van der Waals surface area contributed by atoms with Gasteiger partial charge in [0.25, 0.3) is 0 Å². The Morgan fingerprint density at radius 1 is 1.05 bits per heavy atom. The van der Waals surface area contributed by atoms with E-state index in [-0.39, 0.29) is 11.5 Å². The van der Waals surface area contributed by atoms with Crippen LogP contribution in [0.1, 0.15) is 5.56 Å². The molecule has 5 nitrogen and oxygen atoms in total. The molecule has 22 heavy (non-hydrogen) atoms. The van der Waals surface area contributed by atoms with E-state index in [9.17, 15) is 8.42 Å². The number of hydrogen-bond donors (Lipinski definition) is 1. The molecule has 0 saturated heterocycles. The maximum atomic E-state index is 12.1. The van der Waals surface area contributed by atoms with Gasteiger partial charge in [-0.15, -0.1) is 0 Å². The third-order valence-corrected chi connectivity index (χ3v) is 4.97. The average molecular weight is 317 g/mol. The van der Waals surface area contributed by atoms with E-state index < -0.39 is 9.84 Å². The zero-order valence-corrected chi connectivity index (χ0v) is 12.8. The molecule has 2 aromatic rings. The third-order valence-electron chi connectivity index (χ3n) is 3.41. The molecule has 0 saturated carbocycles.